The van der Waals surface area contributed by atoms with E-state index in [4.69, 9.17) is 11.6 Å². The third-order valence-corrected chi connectivity index (χ3v) is 3.95. The van der Waals surface area contributed by atoms with Crippen molar-refractivity contribution in [3.63, 3.8) is 0 Å². The number of halogens is 1. The Bertz CT molecular complexity index is 418. The maximum Gasteiger partial charge on any atom is 0.138 e. The molecule has 0 amide bonds. The summed E-state index contributed by atoms with van der Waals surface area (Å²) in [4.78, 5) is 13.9. The van der Waals surface area contributed by atoms with Gasteiger partial charge in [-0.1, -0.05) is 36.7 Å². The van der Waals surface area contributed by atoms with Gasteiger partial charge in [0.05, 0.1) is 0 Å². The largest absolute Gasteiger partial charge is 0.299 e. The minimum atomic E-state index is 0.147. The van der Waals surface area contributed by atoms with Gasteiger partial charge in [-0.3, -0.25) is 9.69 Å². The predicted molar refractivity (Wildman–Crippen MR) is 70.2 cm³/mol. The molecule has 2 unspecified atom stereocenters. The summed E-state index contributed by atoms with van der Waals surface area (Å²) in [6.45, 7) is 5.85. The van der Waals surface area contributed by atoms with E-state index in [1.54, 1.807) is 0 Å². The maximum absolute atomic E-state index is 11.5. The lowest BCUT2D eigenvalue weighted by molar-refractivity contribution is -0.126. The van der Waals surface area contributed by atoms with E-state index in [1.165, 1.54) is 0 Å². The van der Waals surface area contributed by atoms with Crippen LogP contribution in [0, 0.1) is 5.92 Å². The Labute approximate surface area is 108 Å². The zero-order valence-electron chi connectivity index (χ0n) is 10.3. The van der Waals surface area contributed by atoms with E-state index in [0.717, 1.165) is 23.7 Å². The van der Waals surface area contributed by atoms with Gasteiger partial charge in [0.25, 0.3) is 0 Å². The Kier molecular flexibility index (Phi) is 3.85. The first-order valence-electron chi connectivity index (χ1n) is 6.10. The molecule has 0 aromatic heterocycles. The molecule has 17 heavy (non-hydrogen) atoms. The summed E-state index contributed by atoms with van der Waals surface area (Å²) >= 11 is 6.21. The minimum Gasteiger partial charge on any atom is -0.299 e. The van der Waals surface area contributed by atoms with Gasteiger partial charge in [-0.15, -0.1) is 0 Å². The summed E-state index contributed by atoms with van der Waals surface area (Å²) in [7, 11) is 0. The first-order valence-corrected chi connectivity index (χ1v) is 6.48. The second-order valence-electron chi connectivity index (χ2n) is 4.81. The molecule has 3 heteroatoms. The van der Waals surface area contributed by atoms with Crippen molar-refractivity contribution in [2.75, 3.05) is 13.1 Å². The molecule has 1 aliphatic rings. The molecule has 0 N–H and O–H groups in total. The highest BCUT2D eigenvalue weighted by atomic mass is 35.5. The van der Waals surface area contributed by atoms with Gasteiger partial charge < -0.3 is 0 Å². The number of piperidine rings is 1. The van der Waals surface area contributed by atoms with Gasteiger partial charge >= 0.3 is 0 Å². The number of hydrogen-bond acceptors (Lipinski definition) is 2. The topological polar surface area (TPSA) is 20.3 Å². The molecule has 92 valence electrons. The van der Waals surface area contributed by atoms with Gasteiger partial charge in [0.2, 0.25) is 0 Å². The number of carbonyl (C=O) groups is 1. The minimum absolute atomic E-state index is 0.147. The number of ketones is 1. The van der Waals surface area contributed by atoms with Gasteiger partial charge in [0.15, 0.2) is 0 Å². The van der Waals surface area contributed by atoms with E-state index >= 15 is 0 Å². The van der Waals surface area contributed by atoms with Crippen molar-refractivity contribution in [3.8, 4) is 0 Å². The fourth-order valence-electron chi connectivity index (χ4n) is 2.41. The van der Waals surface area contributed by atoms with E-state index < -0.39 is 0 Å². The van der Waals surface area contributed by atoms with Crippen LogP contribution in [-0.2, 0) is 4.79 Å². The van der Waals surface area contributed by atoms with Crippen LogP contribution in [0.25, 0.3) is 0 Å². The molecule has 1 aromatic rings. The summed E-state index contributed by atoms with van der Waals surface area (Å²) in [6.07, 6.45) is 0.663. The number of benzene rings is 1. The monoisotopic (exact) mass is 251 g/mol. The quantitative estimate of drug-likeness (QED) is 0.804. The molecule has 1 aliphatic heterocycles. The second kappa shape index (κ2) is 5.19. The van der Waals surface area contributed by atoms with Crippen molar-refractivity contribution in [1.29, 1.82) is 0 Å². The highest BCUT2D eigenvalue weighted by Gasteiger charge is 2.27. The van der Waals surface area contributed by atoms with E-state index in [-0.39, 0.29) is 12.0 Å². The van der Waals surface area contributed by atoms with Gasteiger partial charge in [-0.2, -0.15) is 0 Å². The lowest BCUT2D eigenvalue weighted by atomic mass is 9.95. The highest BCUT2D eigenvalue weighted by molar-refractivity contribution is 6.31. The van der Waals surface area contributed by atoms with Crippen molar-refractivity contribution in [3.05, 3.63) is 34.9 Å². The normalized spacial score (nSPS) is 23.7. The van der Waals surface area contributed by atoms with Crippen LogP contribution in [0.2, 0.25) is 5.02 Å². The van der Waals surface area contributed by atoms with E-state index in [0.29, 0.717) is 12.2 Å². The van der Waals surface area contributed by atoms with Crippen LogP contribution in [0.15, 0.2) is 24.3 Å². The first kappa shape index (κ1) is 12.6. The lowest BCUT2D eigenvalue weighted by Crippen LogP contribution is -2.40. The van der Waals surface area contributed by atoms with Crippen molar-refractivity contribution in [1.82, 2.24) is 4.90 Å². The number of rotatable bonds is 2. The van der Waals surface area contributed by atoms with Gasteiger partial charge in [0.1, 0.15) is 5.78 Å². The third kappa shape index (κ3) is 2.70. The summed E-state index contributed by atoms with van der Waals surface area (Å²) in [5.74, 6) is 0.529. The average Bonchev–Trinajstić information content (AvgIpc) is 2.32. The van der Waals surface area contributed by atoms with E-state index in [1.807, 2.05) is 25.1 Å². The molecule has 0 bridgehead atoms. The SMILES string of the molecule is CC1CN(C(C)c2ccccc2Cl)CCC1=O. The molecule has 2 nitrogen and oxygen atoms in total. The molecule has 0 saturated carbocycles. The lowest BCUT2D eigenvalue weighted by Gasteiger charge is -2.35. The van der Waals surface area contributed by atoms with Crippen LogP contribution in [0.1, 0.15) is 31.9 Å². The van der Waals surface area contributed by atoms with Crippen molar-refractivity contribution >= 4 is 17.4 Å². The number of hydrogen-bond donors (Lipinski definition) is 0. The van der Waals surface area contributed by atoms with Crippen LogP contribution in [-0.4, -0.2) is 23.8 Å². The summed E-state index contributed by atoms with van der Waals surface area (Å²) in [5, 5.41) is 0.810. The fraction of sp³-hybridized carbons (Fsp3) is 0.500. The molecule has 0 aliphatic carbocycles. The van der Waals surface area contributed by atoms with Crippen LogP contribution in [0.5, 0.6) is 0 Å². The second-order valence-corrected chi connectivity index (χ2v) is 5.22. The van der Waals surface area contributed by atoms with Crippen LogP contribution in [0.3, 0.4) is 0 Å². The van der Waals surface area contributed by atoms with Gasteiger partial charge in [0, 0.05) is 36.5 Å². The number of carbonyl (C=O) groups excluding carboxylic acids is 1. The zero-order valence-corrected chi connectivity index (χ0v) is 11.1. The summed E-state index contributed by atoms with van der Waals surface area (Å²) in [5.41, 5.74) is 1.15. The third-order valence-electron chi connectivity index (χ3n) is 3.61. The van der Waals surface area contributed by atoms with E-state index in [9.17, 15) is 4.79 Å². The van der Waals surface area contributed by atoms with Crippen LogP contribution in [0.4, 0.5) is 0 Å². The molecule has 1 saturated heterocycles. The molecule has 2 atom stereocenters. The number of likely N-dealkylation sites (tertiary alicyclic amines) is 1. The van der Waals surface area contributed by atoms with Crippen molar-refractivity contribution in [2.45, 2.75) is 26.3 Å². The van der Waals surface area contributed by atoms with Gasteiger partial charge in [-0.05, 0) is 18.6 Å². The highest BCUT2D eigenvalue weighted by Crippen LogP contribution is 2.29. The molecule has 2 rings (SSSR count). The molecule has 1 fully saturated rings. The molecular weight excluding hydrogens is 234 g/mol. The predicted octanol–water partition coefficient (Wildman–Crippen LogP) is 3.31. The van der Waals surface area contributed by atoms with Crippen LogP contribution >= 0.6 is 11.6 Å². The molecule has 0 spiro atoms. The molecular formula is C14H18ClNO. The molecule has 1 aromatic carbocycles. The Balaban J connectivity index is 2.13. The molecule has 1 heterocycles. The number of nitrogens with zero attached hydrogens (tertiary/aromatic N) is 1. The standard InChI is InChI=1S/C14H18ClNO/c1-10-9-16(8-7-14(10)17)11(2)12-5-3-4-6-13(12)15/h3-6,10-11H,7-9H2,1-2H3. The average molecular weight is 252 g/mol. The summed E-state index contributed by atoms with van der Waals surface area (Å²) in [6, 6.07) is 8.22. The molecule has 0 radical (unpaired) electrons. The van der Waals surface area contributed by atoms with Gasteiger partial charge in [-0.25, -0.2) is 0 Å². The van der Waals surface area contributed by atoms with Crippen molar-refractivity contribution in [2.24, 2.45) is 5.92 Å². The van der Waals surface area contributed by atoms with E-state index in [2.05, 4.69) is 17.9 Å². The maximum atomic E-state index is 11.5. The Morgan fingerprint density at radius 1 is 1.41 bits per heavy atom. The van der Waals surface area contributed by atoms with Crippen LogP contribution < -0.4 is 0 Å². The zero-order chi connectivity index (χ0) is 12.4. The first-order chi connectivity index (χ1) is 8.09. The summed E-state index contributed by atoms with van der Waals surface area (Å²) < 4.78 is 0. The Hall–Kier alpha value is -0.860. The Morgan fingerprint density at radius 3 is 2.76 bits per heavy atom. The smallest absolute Gasteiger partial charge is 0.138 e. The fourth-order valence-corrected chi connectivity index (χ4v) is 2.70. The number of Topliss-reactive ketones (excluding diaryl/α,β-unsaturated/α-hetero) is 1. The Morgan fingerprint density at radius 2 is 2.12 bits per heavy atom. The van der Waals surface area contributed by atoms with Crippen molar-refractivity contribution < 1.29 is 4.79 Å².